The zero-order valence-corrected chi connectivity index (χ0v) is 18.3. The highest BCUT2D eigenvalue weighted by Crippen LogP contribution is 2.25. The maximum absolute atomic E-state index is 12.5. The molecule has 1 N–H and O–H groups in total. The number of fused-ring (bicyclic) bond motifs is 2. The van der Waals surface area contributed by atoms with Crippen molar-refractivity contribution in [2.24, 2.45) is 0 Å². The van der Waals surface area contributed by atoms with Gasteiger partial charge >= 0.3 is 0 Å². The molecule has 1 aromatic heterocycles. The Morgan fingerprint density at radius 3 is 2.57 bits per heavy atom. The van der Waals surface area contributed by atoms with Crippen molar-refractivity contribution in [3.05, 3.63) is 66.5 Å². The summed E-state index contributed by atoms with van der Waals surface area (Å²) < 4.78 is 28.4. The summed E-state index contributed by atoms with van der Waals surface area (Å²) in [5.74, 6) is 0.888. The van der Waals surface area contributed by atoms with Gasteiger partial charge in [0.2, 0.25) is 10.0 Å². The molecule has 156 valence electrons. The summed E-state index contributed by atoms with van der Waals surface area (Å²) in [5, 5.41) is 5.86. The highest BCUT2D eigenvalue weighted by molar-refractivity contribution is 7.89. The van der Waals surface area contributed by atoms with Gasteiger partial charge in [-0.05, 0) is 36.1 Å². The lowest BCUT2D eigenvalue weighted by atomic mass is 10.1. The van der Waals surface area contributed by atoms with Crippen LogP contribution in [-0.4, -0.2) is 36.4 Å². The summed E-state index contributed by atoms with van der Waals surface area (Å²) in [7, 11) is -0.422. The third-order valence-electron chi connectivity index (χ3n) is 5.25. The molecular weight excluding hydrogens is 396 g/mol. The Kier molecular flexibility index (Phi) is 5.49. The Balaban J connectivity index is 1.71. The Morgan fingerprint density at radius 2 is 1.80 bits per heavy atom. The number of nitrogens with one attached hydrogen (secondary N) is 1. The molecule has 0 amide bonds. The Bertz CT molecular complexity index is 1300. The van der Waals surface area contributed by atoms with Crippen LogP contribution < -0.4 is 5.32 Å². The van der Waals surface area contributed by atoms with Crippen LogP contribution in [0.4, 0.5) is 5.69 Å². The maximum atomic E-state index is 12.5. The van der Waals surface area contributed by atoms with Crippen LogP contribution in [0.15, 0.2) is 65.6 Å². The second-order valence-corrected chi connectivity index (χ2v) is 9.65. The van der Waals surface area contributed by atoms with Crippen LogP contribution in [0, 0.1) is 0 Å². The van der Waals surface area contributed by atoms with Crippen LogP contribution in [0.25, 0.3) is 21.8 Å². The van der Waals surface area contributed by atoms with Crippen LogP contribution >= 0.6 is 0 Å². The zero-order valence-electron chi connectivity index (χ0n) is 17.5. The van der Waals surface area contributed by atoms with E-state index < -0.39 is 10.0 Å². The van der Waals surface area contributed by atoms with Gasteiger partial charge in [0.05, 0.1) is 22.5 Å². The first-order valence-corrected chi connectivity index (χ1v) is 11.5. The summed E-state index contributed by atoms with van der Waals surface area (Å²) in [6.45, 7) is 3.50. The van der Waals surface area contributed by atoms with Gasteiger partial charge in [-0.3, -0.25) is 0 Å². The predicted molar refractivity (Wildman–Crippen MR) is 122 cm³/mol. The van der Waals surface area contributed by atoms with E-state index in [4.69, 9.17) is 4.98 Å². The molecule has 6 nitrogen and oxygen atoms in total. The molecule has 0 aliphatic heterocycles. The van der Waals surface area contributed by atoms with Crippen LogP contribution in [0.3, 0.4) is 0 Å². The molecule has 0 aliphatic carbocycles. The molecule has 0 aliphatic rings. The topological polar surface area (TPSA) is 67.2 Å². The van der Waals surface area contributed by atoms with Crippen molar-refractivity contribution in [3.8, 4) is 0 Å². The summed E-state index contributed by atoms with van der Waals surface area (Å²) in [6.07, 6.45) is 0.963. The number of nitrogens with zero attached hydrogens (tertiary/aromatic N) is 3. The van der Waals surface area contributed by atoms with Gasteiger partial charge in [0.15, 0.2) is 0 Å². The second kappa shape index (κ2) is 8.08. The minimum Gasteiger partial charge on any atom is -0.377 e. The van der Waals surface area contributed by atoms with Gasteiger partial charge in [0.1, 0.15) is 5.82 Å². The number of aromatic nitrogens is 2. The van der Waals surface area contributed by atoms with E-state index in [0.717, 1.165) is 35.4 Å². The first kappa shape index (κ1) is 20.4. The predicted octanol–water partition coefficient (Wildman–Crippen LogP) is 4.46. The van der Waals surface area contributed by atoms with E-state index in [9.17, 15) is 8.42 Å². The van der Waals surface area contributed by atoms with E-state index in [1.54, 1.807) is 12.1 Å². The number of imidazole rings is 1. The lowest BCUT2D eigenvalue weighted by Gasteiger charge is -2.12. The van der Waals surface area contributed by atoms with Crippen LogP contribution in [0.1, 0.15) is 19.2 Å². The molecule has 1 heterocycles. The van der Waals surface area contributed by atoms with Crippen LogP contribution in [0.2, 0.25) is 0 Å². The number of hydrogen-bond donors (Lipinski definition) is 1. The fraction of sp³-hybridized carbons (Fsp3) is 0.261. The van der Waals surface area contributed by atoms with Gasteiger partial charge in [-0.25, -0.2) is 17.7 Å². The molecule has 0 unspecified atom stereocenters. The fourth-order valence-corrected chi connectivity index (χ4v) is 4.61. The van der Waals surface area contributed by atoms with Crippen molar-refractivity contribution >= 4 is 37.5 Å². The number of benzene rings is 3. The lowest BCUT2D eigenvalue weighted by Crippen LogP contribution is -2.22. The van der Waals surface area contributed by atoms with Crippen molar-refractivity contribution in [3.63, 3.8) is 0 Å². The van der Waals surface area contributed by atoms with Crippen molar-refractivity contribution < 1.29 is 8.42 Å². The molecule has 0 radical (unpaired) electrons. The van der Waals surface area contributed by atoms with E-state index in [2.05, 4.69) is 41.1 Å². The monoisotopic (exact) mass is 422 g/mol. The quantitative estimate of drug-likeness (QED) is 0.477. The van der Waals surface area contributed by atoms with E-state index >= 15 is 0 Å². The van der Waals surface area contributed by atoms with Crippen LogP contribution in [-0.2, 0) is 23.1 Å². The van der Waals surface area contributed by atoms with Gasteiger partial charge in [0.25, 0.3) is 0 Å². The van der Waals surface area contributed by atoms with Gasteiger partial charge in [-0.1, -0.05) is 43.3 Å². The highest BCUT2D eigenvalue weighted by Gasteiger charge is 2.19. The number of anilines is 1. The maximum Gasteiger partial charge on any atom is 0.242 e. The largest absolute Gasteiger partial charge is 0.377 e. The number of aryl methyl sites for hydroxylation is 1. The average molecular weight is 423 g/mol. The normalized spacial score (nSPS) is 12.1. The molecule has 7 heteroatoms. The van der Waals surface area contributed by atoms with E-state index in [0.29, 0.717) is 12.1 Å². The summed E-state index contributed by atoms with van der Waals surface area (Å²) in [4.78, 5) is 5.04. The minimum atomic E-state index is -3.50. The van der Waals surface area contributed by atoms with Crippen molar-refractivity contribution in [1.29, 1.82) is 0 Å². The van der Waals surface area contributed by atoms with Crippen molar-refractivity contribution in [2.45, 2.75) is 31.3 Å². The molecule has 0 fully saturated rings. The molecule has 0 saturated carbocycles. The van der Waals surface area contributed by atoms with Gasteiger partial charge < -0.3 is 9.88 Å². The molecule has 0 saturated heterocycles. The standard InChI is InChI=1S/C23H26N4O2S/c1-4-14-27-22-13-12-18(30(28,29)26(2)3)15-21(22)25-23(27)16-24-20-11-7-9-17-8-5-6-10-19(17)20/h5-13,15,24H,4,14,16H2,1-3H3. The summed E-state index contributed by atoms with van der Waals surface area (Å²) >= 11 is 0. The molecule has 0 atom stereocenters. The van der Waals surface area contributed by atoms with Crippen molar-refractivity contribution in [1.82, 2.24) is 13.9 Å². The smallest absolute Gasteiger partial charge is 0.242 e. The molecule has 30 heavy (non-hydrogen) atoms. The average Bonchev–Trinajstić information content (AvgIpc) is 3.09. The summed E-state index contributed by atoms with van der Waals surface area (Å²) in [6, 6.07) is 19.7. The van der Waals surface area contributed by atoms with E-state index in [1.807, 2.05) is 24.3 Å². The Hall–Kier alpha value is -2.90. The highest BCUT2D eigenvalue weighted by atomic mass is 32.2. The van der Waals surface area contributed by atoms with Crippen LogP contribution in [0.5, 0.6) is 0 Å². The molecule has 3 aromatic carbocycles. The SMILES string of the molecule is CCCn1c(CNc2cccc3ccccc23)nc2cc(S(=O)(=O)N(C)C)ccc21. The van der Waals surface area contributed by atoms with Crippen molar-refractivity contribution in [2.75, 3.05) is 19.4 Å². The summed E-state index contributed by atoms with van der Waals surface area (Å²) in [5.41, 5.74) is 2.70. The molecule has 0 bridgehead atoms. The Morgan fingerprint density at radius 1 is 1.03 bits per heavy atom. The first-order chi connectivity index (χ1) is 14.4. The number of hydrogen-bond acceptors (Lipinski definition) is 4. The first-order valence-electron chi connectivity index (χ1n) is 10.0. The molecular formula is C23H26N4O2S. The van der Waals surface area contributed by atoms with Gasteiger partial charge in [-0.2, -0.15) is 0 Å². The molecule has 4 aromatic rings. The lowest BCUT2D eigenvalue weighted by molar-refractivity contribution is 0.521. The van der Waals surface area contributed by atoms with Gasteiger partial charge in [0, 0.05) is 31.7 Å². The molecule has 0 spiro atoms. The minimum absolute atomic E-state index is 0.259. The second-order valence-electron chi connectivity index (χ2n) is 7.50. The Labute approximate surface area is 177 Å². The van der Waals surface area contributed by atoms with E-state index in [1.165, 1.54) is 23.8 Å². The van der Waals surface area contributed by atoms with Gasteiger partial charge in [-0.15, -0.1) is 0 Å². The third-order valence-corrected chi connectivity index (χ3v) is 7.06. The zero-order chi connectivity index (χ0) is 21.3. The molecule has 4 rings (SSSR count). The number of sulfonamides is 1. The van der Waals surface area contributed by atoms with E-state index in [-0.39, 0.29) is 4.90 Å². The third kappa shape index (κ3) is 3.66. The number of rotatable bonds is 7. The fourth-order valence-electron chi connectivity index (χ4n) is 3.69.